The molecule has 0 saturated heterocycles. The molecule has 0 aliphatic rings. The molecule has 2 aromatic rings. The zero-order valence-electron chi connectivity index (χ0n) is 12.1. The van der Waals surface area contributed by atoms with E-state index >= 15 is 0 Å². The minimum atomic E-state index is -3.80. The lowest BCUT2D eigenvalue weighted by atomic mass is 10.2. The molecule has 0 saturated carbocycles. The van der Waals surface area contributed by atoms with Crippen molar-refractivity contribution in [2.24, 2.45) is 5.73 Å². The largest absolute Gasteiger partial charge is 0.495 e. The van der Waals surface area contributed by atoms with Crippen LogP contribution in [0.3, 0.4) is 0 Å². The highest BCUT2D eigenvalue weighted by Gasteiger charge is 2.24. The maximum atomic E-state index is 12.6. The molecule has 1 aromatic heterocycles. The number of rotatable bonds is 5. The molecule has 7 nitrogen and oxygen atoms in total. The van der Waals surface area contributed by atoms with E-state index in [1.807, 2.05) is 13.0 Å². The SMILES string of the molecule is COc1ccc(C)cc1NS(=O)(=O)c1c(CN)n[nH]c1C. The van der Waals surface area contributed by atoms with Gasteiger partial charge in [-0.1, -0.05) is 6.07 Å². The van der Waals surface area contributed by atoms with Crippen LogP contribution in [0, 0.1) is 13.8 Å². The van der Waals surface area contributed by atoms with Crippen LogP contribution in [0.2, 0.25) is 0 Å². The van der Waals surface area contributed by atoms with Crippen LogP contribution in [0.5, 0.6) is 5.75 Å². The molecule has 0 spiro atoms. The van der Waals surface area contributed by atoms with Gasteiger partial charge in [0.05, 0.1) is 24.2 Å². The molecule has 0 bridgehead atoms. The van der Waals surface area contributed by atoms with Gasteiger partial charge in [0, 0.05) is 6.54 Å². The molecule has 0 unspecified atom stereocenters. The summed E-state index contributed by atoms with van der Waals surface area (Å²) in [6, 6.07) is 5.25. The monoisotopic (exact) mass is 310 g/mol. The zero-order chi connectivity index (χ0) is 15.6. The second-order valence-electron chi connectivity index (χ2n) is 4.64. The number of methoxy groups -OCH3 is 1. The van der Waals surface area contributed by atoms with Crippen LogP contribution < -0.4 is 15.2 Å². The van der Waals surface area contributed by atoms with Gasteiger partial charge in [-0.15, -0.1) is 0 Å². The summed E-state index contributed by atoms with van der Waals surface area (Å²) < 4.78 is 32.8. The van der Waals surface area contributed by atoms with Crippen LogP contribution >= 0.6 is 0 Å². The minimum absolute atomic E-state index is 0.0333. The molecule has 2 rings (SSSR count). The maximum absolute atomic E-state index is 12.6. The number of anilines is 1. The molecule has 0 fully saturated rings. The fourth-order valence-corrected chi connectivity index (χ4v) is 3.50. The second-order valence-corrected chi connectivity index (χ2v) is 6.26. The van der Waals surface area contributed by atoms with E-state index in [1.54, 1.807) is 19.1 Å². The number of hydrogen-bond acceptors (Lipinski definition) is 5. The Hall–Kier alpha value is -2.06. The summed E-state index contributed by atoms with van der Waals surface area (Å²) in [5.41, 5.74) is 7.56. The van der Waals surface area contributed by atoms with Crippen molar-refractivity contribution in [3.63, 3.8) is 0 Å². The van der Waals surface area contributed by atoms with Crippen LogP contribution in [0.4, 0.5) is 5.69 Å². The van der Waals surface area contributed by atoms with Gasteiger partial charge in [-0.3, -0.25) is 9.82 Å². The molecule has 0 atom stereocenters. The molecule has 0 aliphatic heterocycles. The number of aryl methyl sites for hydroxylation is 2. The quantitative estimate of drug-likeness (QED) is 0.771. The molecular formula is C13H18N4O3S. The molecule has 1 heterocycles. The summed E-state index contributed by atoms with van der Waals surface area (Å²) in [6.45, 7) is 3.53. The van der Waals surface area contributed by atoms with E-state index in [1.165, 1.54) is 7.11 Å². The highest BCUT2D eigenvalue weighted by atomic mass is 32.2. The van der Waals surface area contributed by atoms with Crippen LogP contribution in [0.25, 0.3) is 0 Å². The fraction of sp³-hybridized carbons (Fsp3) is 0.308. The number of sulfonamides is 1. The number of H-pyrrole nitrogens is 1. The number of benzene rings is 1. The summed E-state index contributed by atoms with van der Waals surface area (Å²) in [7, 11) is -2.31. The Morgan fingerprint density at radius 1 is 1.38 bits per heavy atom. The lowest BCUT2D eigenvalue weighted by Crippen LogP contribution is -2.17. The van der Waals surface area contributed by atoms with E-state index in [0.29, 0.717) is 22.8 Å². The normalized spacial score (nSPS) is 11.4. The van der Waals surface area contributed by atoms with Gasteiger partial charge in [0.2, 0.25) is 0 Å². The van der Waals surface area contributed by atoms with Gasteiger partial charge < -0.3 is 10.5 Å². The molecule has 0 aliphatic carbocycles. The highest BCUT2D eigenvalue weighted by Crippen LogP contribution is 2.29. The van der Waals surface area contributed by atoms with E-state index in [4.69, 9.17) is 10.5 Å². The molecule has 4 N–H and O–H groups in total. The number of ether oxygens (including phenoxy) is 1. The average Bonchev–Trinajstić information content (AvgIpc) is 2.80. The van der Waals surface area contributed by atoms with E-state index in [0.717, 1.165) is 5.56 Å². The summed E-state index contributed by atoms with van der Waals surface area (Å²) in [5, 5.41) is 6.54. The van der Waals surface area contributed by atoms with Crippen molar-refractivity contribution < 1.29 is 13.2 Å². The zero-order valence-corrected chi connectivity index (χ0v) is 12.9. The van der Waals surface area contributed by atoms with Gasteiger partial charge in [-0.2, -0.15) is 5.10 Å². The van der Waals surface area contributed by atoms with E-state index in [2.05, 4.69) is 14.9 Å². The van der Waals surface area contributed by atoms with Gasteiger partial charge >= 0.3 is 0 Å². The Labute approximate surface area is 123 Å². The number of hydrogen-bond donors (Lipinski definition) is 3. The van der Waals surface area contributed by atoms with Crippen LogP contribution in [-0.2, 0) is 16.6 Å². The molecular weight excluding hydrogens is 292 g/mol. The number of aromatic amines is 1. The number of nitrogens with one attached hydrogen (secondary N) is 2. The van der Waals surface area contributed by atoms with E-state index in [9.17, 15) is 8.42 Å². The Bertz CT molecular complexity index is 753. The van der Waals surface area contributed by atoms with Crippen molar-refractivity contribution in [1.82, 2.24) is 10.2 Å². The van der Waals surface area contributed by atoms with E-state index in [-0.39, 0.29) is 11.4 Å². The third-order valence-corrected chi connectivity index (χ3v) is 4.59. The molecule has 1 aromatic carbocycles. The second kappa shape index (κ2) is 5.74. The van der Waals surface area contributed by atoms with Gasteiger partial charge in [-0.25, -0.2) is 8.42 Å². The summed E-state index contributed by atoms with van der Waals surface area (Å²) >= 11 is 0. The number of aromatic nitrogens is 2. The topological polar surface area (TPSA) is 110 Å². The Morgan fingerprint density at radius 2 is 2.10 bits per heavy atom. The Morgan fingerprint density at radius 3 is 2.71 bits per heavy atom. The first-order valence-corrected chi connectivity index (χ1v) is 7.78. The van der Waals surface area contributed by atoms with E-state index < -0.39 is 10.0 Å². The average molecular weight is 310 g/mol. The van der Waals surface area contributed by atoms with Crippen molar-refractivity contribution >= 4 is 15.7 Å². The van der Waals surface area contributed by atoms with Gasteiger partial charge in [-0.05, 0) is 31.5 Å². The van der Waals surface area contributed by atoms with Crippen LogP contribution in [-0.4, -0.2) is 25.7 Å². The molecule has 0 amide bonds. The van der Waals surface area contributed by atoms with Gasteiger partial charge in [0.1, 0.15) is 10.6 Å². The first-order chi connectivity index (χ1) is 9.89. The third kappa shape index (κ3) is 3.01. The lowest BCUT2D eigenvalue weighted by molar-refractivity contribution is 0.417. The van der Waals surface area contributed by atoms with Crippen LogP contribution in [0.15, 0.2) is 23.1 Å². The summed E-state index contributed by atoms with van der Waals surface area (Å²) in [5.74, 6) is 0.444. The maximum Gasteiger partial charge on any atom is 0.265 e. The Balaban J connectivity index is 2.47. The van der Waals surface area contributed by atoms with Gasteiger partial charge in [0.25, 0.3) is 10.0 Å². The van der Waals surface area contributed by atoms with Crippen molar-refractivity contribution in [1.29, 1.82) is 0 Å². The Kier molecular flexibility index (Phi) is 4.19. The number of nitrogens with zero attached hydrogens (tertiary/aromatic N) is 1. The van der Waals surface area contributed by atoms with Crippen molar-refractivity contribution in [2.45, 2.75) is 25.3 Å². The molecule has 8 heteroatoms. The fourth-order valence-electron chi connectivity index (χ4n) is 2.06. The van der Waals surface area contributed by atoms with Crippen molar-refractivity contribution in [2.75, 3.05) is 11.8 Å². The van der Waals surface area contributed by atoms with Crippen LogP contribution in [0.1, 0.15) is 17.0 Å². The third-order valence-electron chi connectivity index (χ3n) is 3.02. The molecule has 0 radical (unpaired) electrons. The first kappa shape index (κ1) is 15.3. The summed E-state index contributed by atoms with van der Waals surface area (Å²) in [4.78, 5) is 0.0774. The first-order valence-electron chi connectivity index (χ1n) is 6.30. The predicted molar refractivity (Wildman–Crippen MR) is 79.8 cm³/mol. The lowest BCUT2D eigenvalue weighted by Gasteiger charge is -2.13. The molecule has 114 valence electrons. The number of nitrogens with two attached hydrogens (primary N) is 1. The minimum Gasteiger partial charge on any atom is -0.495 e. The van der Waals surface area contributed by atoms with Crippen molar-refractivity contribution in [3.8, 4) is 5.75 Å². The standard InChI is InChI=1S/C13H18N4O3S/c1-8-4-5-12(20-3)10(6-8)17-21(18,19)13-9(2)15-16-11(13)7-14/h4-6,17H,7,14H2,1-3H3,(H,15,16). The predicted octanol–water partition coefficient (Wildman–Crippen LogP) is 1.29. The van der Waals surface area contributed by atoms with Crippen molar-refractivity contribution in [3.05, 3.63) is 35.2 Å². The van der Waals surface area contributed by atoms with Gasteiger partial charge in [0.15, 0.2) is 0 Å². The highest BCUT2D eigenvalue weighted by molar-refractivity contribution is 7.92. The molecule has 21 heavy (non-hydrogen) atoms. The summed E-state index contributed by atoms with van der Waals surface area (Å²) in [6.07, 6.45) is 0. The smallest absolute Gasteiger partial charge is 0.265 e.